The van der Waals surface area contributed by atoms with Crippen LogP contribution in [0.2, 0.25) is 0 Å². The Hall–Kier alpha value is -0.330. The molecule has 2 rings (SSSR count). The summed E-state index contributed by atoms with van der Waals surface area (Å²) in [5.74, 6) is 0. The standard InChI is InChI=1S/C12H21F3N2O/c13-12(14,15)9-16-5-7-17(8-6-16)10-3-1-2-4-11(10)18/h10-11,18H,1-9H2. The largest absolute Gasteiger partial charge is 0.401 e. The molecule has 0 amide bonds. The minimum Gasteiger partial charge on any atom is -0.391 e. The molecule has 0 spiro atoms. The number of hydrogen-bond acceptors (Lipinski definition) is 3. The van der Waals surface area contributed by atoms with Crippen molar-refractivity contribution in [3.05, 3.63) is 0 Å². The topological polar surface area (TPSA) is 26.7 Å². The Balaban J connectivity index is 1.79. The number of alkyl halides is 3. The van der Waals surface area contributed by atoms with Crippen LogP contribution in [-0.2, 0) is 0 Å². The number of halogens is 3. The number of nitrogens with zero attached hydrogens (tertiary/aromatic N) is 2. The van der Waals surface area contributed by atoms with Gasteiger partial charge in [-0.05, 0) is 12.8 Å². The highest BCUT2D eigenvalue weighted by Gasteiger charge is 2.35. The Morgan fingerprint density at radius 1 is 1.00 bits per heavy atom. The van der Waals surface area contributed by atoms with E-state index in [1.54, 1.807) is 0 Å². The summed E-state index contributed by atoms with van der Waals surface area (Å²) in [6.07, 6.45) is -0.427. The van der Waals surface area contributed by atoms with Crippen molar-refractivity contribution in [2.24, 2.45) is 0 Å². The Bertz CT molecular complexity index is 265. The number of hydrogen-bond donors (Lipinski definition) is 1. The first-order chi connectivity index (χ1) is 8.46. The Morgan fingerprint density at radius 3 is 2.17 bits per heavy atom. The van der Waals surface area contributed by atoms with Gasteiger partial charge in [-0.3, -0.25) is 9.80 Å². The zero-order valence-electron chi connectivity index (χ0n) is 10.5. The molecule has 0 aromatic carbocycles. The molecule has 0 radical (unpaired) electrons. The van der Waals surface area contributed by atoms with Crippen LogP contribution in [0.25, 0.3) is 0 Å². The van der Waals surface area contributed by atoms with E-state index in [0.717, 1.165) is 25.7 Å². The van der Waals surface area contributed by atoms with E-state index in [2.05, 4.69) is 4.90 Å². The van der Waals surface area contributed by atoms with Gasteiger partial charge in [0.1, 0.15) is 0 Å². The van der Waals surface area contributed by atoms with E-state index in [1.165, 1.54) is 4.90 Å². The summed E-state index contributed by atoms with van der Waals surface area (Å²) >= 11 is 0. The zero-order valence-corrected chi connectivity index (χ0v) is 10.5. The lowest BCUT2D eigenvalue weighted by molar-refractivity contribution is -0.150. The van der Waals surface area contributed by atoms with Crippen LogP contribution in [0.3, 0.4) is 0 Å². The monoisotopic (exact) mass is 266 g/mol. The van der Waals surface area contributed by atoms with Gasteiger partial charge in [0.2, 0.25) is 0 Å². The Labute approximate surface area is 106 Å². The van der Waals surface area contributed by atoms with Gasteiger partial charge in [0, 0.05) is 32.2 Å². The molecular weight excluding hydrogens is 245 g/mol. The van der Waals surface area contributed by atoms with Gasteiger partial charge >= 0.3 is 6.18 Å². The van der Waals surface area contributed by atoms with E-state index in [0.29, 0.717) is 26.2 Å². The van der Waals surface area contributed by atoms with E-state index in [4.69, 9.17) is 0 Å². The van der Waals surface area contributed by atoms with Crippen molar-refractivity contribution in [2.45, 2.75) is 44.0 Å². The molecule has 2 atom stereocenters. The molecule has 0 aromatic heterocycles. The Morgan fingerprint density at radius 2 is 1.61 bits per heavy atom. The lowest BCUT2D eigenvalue weighted by Crippen LogP contribution is -2.55. The molecule has 106 valence electrons. The number of aliphatic hydroxyl groups excluding tert-OH is 1. The summed E-state index contributed by atoms with van der Waals surface area (Å²) in [6.45, 7) is 1.36. The fourth-order valence-corrected chi connectivity index (χ4v) is 3.02. The Kier molecular flexibility index (Phi) is 4.50. The molecule has 0 bridgehead atoms. The van der Waals surface area contributed by atoms with Crippen molar-refractivity contribution in [3.63, 3.8) is 0 Å². The highest BCUT2D eigenvalue weighted by atomic mass is 19.4. The summed E-state index contributed by atoms with van der Waals surface area (Å²) in [5.41, 5.74) is 0. The molecule has 1 saturated carbocycles. The summed E-state index contributed by atoms with van der Waals surface area (Å²) in [6, 6.07) is 0.159. The molecule has 0 aromatic rings. The SMILES string of the molecule is OC1CCCCC1N1CCN(CC(F)(F)F)CC1. The number of piperazine rings is 1. The second-order valence-electron chi connectivity index (χ2n) is 5.35. The second kappa shape index (κ2) is 5.75. The van der Waals surface area contributed by atoms with Gasteiger partial charge in [-0.1, -0.05) is 12.8 Å². The lowest BCUT2D eigenvalue weighted by atomic mass is 9.91. The van der Waals surface area contributed by atoms with E-state index in [1.807, 2.05) is 0 Å². The molecule has 2 unspecified atom stereocenters. The minimum absolute atomic E-state index is 0.159. The van der Waals surface area contributed by atoms with Crippen molar-refractivity contribution in [3.8, 4) is 0 Å². The molecule has 1 heterocycles. The van der Waals surface area contributed by atoms with Gasteiger partial charge in [-0.25, -0.2) is 0 Å². The van der Waals surface area contributed by atoms with Crippen molar-refractivity contribution < 1.29 is 18.3 Å². The number of rotatable bonds is 2. The number of aliphatic hydroxyl groups is 1. The highest BCUT2D eigenvalue weighted by molar-refractivity contribution is 4.86. The lowest BCUT2D eigenvalue weighted by Gasteiger charge is -2.42. The van der Waals surface area contributed by atoms with E-state index in [-0.39, 0.29) is 12.1 Å². The summed E-state index contributed by atoms with van der Waals surface area (Å²) in [4.78, 5) is 3.61. The van der Waals surface area contributed by atoms with Crippen LogP contribution >= 0.6 is 0 Å². The van der Waals surface area contributed by atoms with Gasteiger partial charge in [-0.15, -0.1) is 0 Å². The summed E-state index contributed by atoms with van der Waals surface area (Å²) in [5, 5.41) is 9.94. The van der Waals surface area contributed by atoms with Gasteiger partial charge < -0.3 is 5.11 Å². The quantitative estimate of drug-likeness (QED) is 0.820. The molecule has 2 aliphatic rings. The summed E-state index contributed by atoms with van der Waals surface area (Å²) < 4.78 is 36.8. The third-order valence-electron chi connectivity index (χ3n) is 3.97. The maximum absolute atomic E-state index is 12.3. The van der Waals surface area contributed by atoms with Gasteiger partial charge in [0.15, 0.2) is 0 Å². The van der Waals surface area contributed by atoms with E-state index >= 15 is 0 Å². The maximum atomic E-state index is 12.3. The van der Waals surface area contributed by atoms with Crippen LogP contribution in [0.1, 0.15) is 25.7 Å². The van der Waals surface area contributed by atoms with Crippen molar-refractivity contribution in [1.29, 1.82) is 0 Å². The highest BCUT2D eigenvalue weighted by Crippen LogP contribution is 2.25. The van der Waals surface area contributed by atoms with Crippen LogP contribution in [0.15, 0.2) is 0 Å². The molecule has 2 fully saturated rings. The molecule has 1 aliphatic heterocycles. The van der Waals surface area contributed by atoms with Crippen LogP contribution < -0.4 is 0 Å². The summed E-state index contributed by atoms with van der Waals surface area (Å²) in [7, 11) is 0. The van der Waals surface area contributed by atoms with Crippen molar-refractivity contribution in [2.75, 3.05) is 32.7 Å². The normalized spacial score (nSPS) is 32.7. The van der Waals surface area contributed by atoms with Crippen LogP contribution in [0.5, 0.6) is 0 Å². The predicted octanol–water partition coefficient (Wildman–Crippen LogP) is 1.47. The third kappa shape index (κ3) is 3.83. The molecule has 3 nitrogen and oxygen atoms in total. The van der Waals surface area contributed by atoms with Gasteiger partial charge in [0.25, 0.3) is 0 Å². The average molecular weight is 266 g/mol. The molecule has 1 saturated heterocycles. The molecular formula is C12H21F3N2O. The molecule has 18 heavy (non-hydrogen) atoms. The average Bonchev–Trinajstić information content (AvgIpc) is 2.29. The van der Waals surface area contributed by atoms with Crippen molar-refractivity contribution >= 4 is 0 Å². The zero-order chi connectivity index (χ0) is 13.2. The van der Waals surface area contributed by atoms with Crippen LogP contribution in [0.4, 0.5) is 13.2 Å². The van der Waals surface area contributed by atoms with Crippen molar-refractivity contribution in [1.82, 2.24) is 9.80 Å². The maximum Gasteiger partial charge on any atom is 0.401 e. The second-order valence-corrected chi connectivity index (χ2v) is 5.35. The van der Waals surface area contributed by atoms with Crippen LogP contribution in [0, 0.1) is 0 Å². The molecule has 6 heteroatoms. The predicted molar refractivity (Wildman–Crippen MR) is 62.3 cm³/mol. The fraction of sp³-hybridized carbons (Fsp3) is 1.00. The minimum atomic E-state index is -4.10. The molecule has 1 N–H and O–H groups in total. The van der Waals surface area contributed by atoms with Gasteiger partial charge in [0.05, 0.1) is 12.6 Å². The van der Waals surface area contributed by atoms with E-state index < -0.39 is 12.7 Å². The fourth-order valence-electron chi connectivity index (χ4n) is 3.02. The first-order valence-electron chi connectivity index (χ1n) is 6.67. The smallest absolute Gasteiger partial charge is 0.391 e. The first-order valence-corrected chi connectivity index (χ1v) is 6.67. The van der Waals surface area contributed by atoms with E-state index in [9.17, 15) is 18.3 Å². The third-order valence-corrected chi connectivity index (χ3v) is 3.97. The first kappa shape index (κ1) is 14.1. The molecule has 1 aliphatic carbocycles. The van der Waals surface area contributed by atoms with Gasteiger partial charge in [-0.2, -0.15) is 13.2 Å². The van der Waals surface area contributed by atoms with Crippen LogP contribution in [-0.4, -0.2) is 66.0 Å².